The van der Waals surface area contributed by atoms with Crippen molar-refractivity contribution in [3.05, 3.63) is 29.3 Å². The molecule has 0 spiro atoms. The molecule has 1 amide bonds. The maximum Gasteiger partial charge on any atom is 0.221 e. The van der Waals surface area contributed by atoms with Crippen LogP contribution in [0.15, 0.2) is 18.2 Å². The van der Waals surface area contributed by atoms with E-state index in [1.165, 1.54) is 11.1 Å². The number of anilines is 1. The average molecular weight is 234 g/mol. The summed E-state index contributed by atoms with van der Waals surface area (Å²) in [6, 6.07) is 6.40. The summed E-state index contributed by atoms with van der Waals surface area (Å²) in [6.07, 6.45) is 0.506. The Morgan fingerprint density at radius 3 is 2.35 bits per heavy atom. The van der Waals surface area contributed by atoms with Crippen molar-refractivity contribution in [1.29, 1.82) is 0 Å². The topological polar surface area (TPSA) is 41.1 Å². The molecule has 0 bridgehead atoms. The van der Waals surface area contributed by atoms with E-state index in [1.54, 1.807) is 0 Å². The van der Waals surface area contributed by atoms with Gasteiger partial charge in [-0.15, -0.1) is 0 Å². The standard InChI is InChI=1S/C14H22N2O/c1-10(2)16-13(17)8-9-15-14-11(3)6-5-7-12(14)4/h5-7,10,15H,8-9H2,1-4H3,(H,16,17). The van der Waals surface area contributed by atoms with Crippen molar-refractivity contribution in [2.24, 2.45) is 0 Å². The molecule has 0 fully saturated rings. The molecule has 17 heavy (non-hydrogen) atoms. The van der Waals surface area contributed by atoms with Gasteiger partial charge in [-0.25, -0.2) is 0 Å². The van der Waals surface area contributed by atoms with Crippen LogP contribution in [0.1, 0.15) is 31.4 Å². The summed E-state index contributed by atoms with van der Waals surface area (Å²) >= 11 is 0. The Labute approximate surface area is 104 Å². The number of hydrogen-bond donors (Lipinski definition) is 2. The lowest BCUT2D eigenvalue weighted by Crippen LogP contribution is -2.31. The molecule has 3 heteroatoms. The quantitative estimate of drug-likeness (QED) is 0.822. The zero-order valence-electron chi connectivity index (χ0n) is 11.1. The first-order chi connectivity index (χ1) is 8.00. The summed E-state index contributed by atoms with van der Waals surface area (Å²) in [5.41, 5.74) is 3.58. The van der Waals surface area contributed by atoms with Crippen LogP contribution in [0.4, 0.5) is 5.69 Å². The van der Waals surface area contributed by atoms with Gasteiger partial charge in [0.05, 0.1) is 0 Å². The molecule has 0 atom stereocenters. The molecule has 3 nitrogen and oxygen atoms in total. The molecule has 1 aromatic carbocycles. The smallest absolute Gasteiger partial charge is 0.221 e. The largest absolute Gasteiger partial charge is 0.384 e. The molecule has 0 aliphatic carbocycles. The summed E-state index contributed by atoms with van der Waals surface area (Å²) in [5.74, 6) is 0.0961. The molecule has 0 aromatic heterocycles. The highest BCUT2D eigenvalue weighted by molar-refractivity contribution is 5.76. The van der Waals surface area contributed by atoms with E-state index in [0.29, 0.717) is 13.0 Å². The van der Waals surface area contributed by atoms with Crippen molar-refractivity contribution >= 4 is 11.6 Å². The maximum atomic E-state index is 11.5. The van der Waals surface area contributed by atoms with Gasteiger partial charge in [0.1, 0.15) is 0 Å². The number of carbonyl (C=O) groups excluding carboxylic acids is 1. The molecule has 0 unspecified atom stereocenters. The molecular weight excluding hydrogens is 212 g/mol. The van der Waals surface area contributed by atoms with Crippen molar-refractivity contribution < 1.29 is 4.79 Å². The van der Waals surface area contributed by atoms with Crippen molar-refractivity contribution in [1.82, 2.24) is 5.32 Å². The second-order valence-corrected chi connectivity index (χ2v) is 4.67. The molecule has 0 aliphatic rings. The maximum absolute atomic E-state index is 11.5. The molecule has 0 radical (unpaired) electrons. The third-order valence-corrected chi connectivity index (χ3v) is 2.58. The summed E-state index contributed by atoms with van der Waals surface area (Å²) < 4.78 is 0. The van der Waals surface area contributed by atoms with E-state index < -0.39 is 0 Å². The normalized spacial score (nSPS) is 10.4. The first-order valence-electron chi connectivity index (χ1n) is 6.10. The van der Waals surface area contributed by atoms with Crippen LogP contribution < -0.4 is 10.6 Å². The minimum absolute atomic E-state index is 0.0961. The minimum Gasteiger partial charge on any atom is -0.384 e. The van der Waals surface area contributed by atoms with E-state index >= 15 is 0 Å². The fourth-order valence-corrected chi connectivity index (χ4v) is 1.79. The molecule has 0 saturated carbocycles. The Kier molecular flexibility index (Phi) is 5.01. The van der Waals surface area contributed by atoms with E-state index in [2.05, 4.69) is 36.6 Å². The molecule has 0 heterocycles. The Morgan fingerprint density at radius 1 is 1.24 bits per heavy atom. The van der Waals surface area contributed by atoms with Gasteiger partial charge in [0.25, 0.3) is 0 Å². The van der Waals surface area contributed by atoms with Gasteiger partial charge in [-0.3, -0.25) is 4.79 Å². The highest BCUT2D eigenvalue weighted by Gasteiger charge is 2.04. The predicted octanol–water partition coefficient (Wildman–Crippen LogP) is 2.63. The lowest BCUT2D eigenvalue weighted by atomic mass is 10.1. The van der Waals surface area contributed by atoms with Crippen molar-refractivity contribution in [3.63, 3.8) is 0 Å². The lowest BCUT2D eigenvalue weighted by Gasteiger charge is -2.13. The van der Waals surface area contributed by atoms with Crippen LogP contribution in [0.25, 0.3) is 0 Å². The van der Waals surface area contributed by atoms with Crippen molar-refractivity contribution in [3.8, 4) is 0 Å². The van der Waals surface area contributed by atoms with E-state index in [0.717, 1.165) is 5.69 Å². The van der Waals surface area contributed by atoms with Gasteiger partial charge >= 0.3 is 0 Å². The van der Waals surface area contributed by atoms with Gasteiger partial charge in [0.15, 0.2) is 0 Å². The first kappa shape index (κ1) is 13.6. The molecule has 1 aromatic rings. The Hall–Kier alpha value is -1.51. The highest BCUT2D eigenvalue weighted by Crippen LogP contribution is 2.18. The lowest BCUT2D eigenvalue weighted by molar-refractivity contribution is -0.121. The zero-order chi connectivity index (χ0) is 12.8. The van der Waals surface area contributed by atoms with E-state index in [-0.39, 0.29) is 11.9 Å². The number of hydrogen-bond acceptors (Lipinski definition) is 2. The fraction of sp³-hybridized carbons (Fsp3) is 0.500. The summed E-state index contributed by atoms with van der Waals surface area (Å²) in [7, 11) is 0. The van der Waals surface area contributed by atoms with Gasteiger partial charge in [-0.2, -0.15) is 0 Å². The third kappa shape index (κ3) is 4.47. The van der Waals surface area contributed by atoms with Gasteiger partial charge in [-0.1, -0.05) is 18.2 Å². The van der Waals surface area contributed by atoms with Crippen LogP contribution in [0.2, 0.25) is 0 Å². The van der Waals surface area contributed by atoms with Crippen LogP contribution in [-0.4, -0.2) is 18.5 Å². The van der Waals surface area contributed by atoms with Gasteiger partial charge in [-0.05, 0) is 38.8 Å². The van der Waals surface area contributed by atoms with Crippen LogP contribution in [0.5, 0.6) is 0 Å². The second-order valence-electron chi connectivity index (χ2n) is 4.67. The number of para-hydroxylation sites is 1. The molecule has 1 rings (SSSR count). The third-order valence-electron chi connectivity index (χ3n) is 2.58. The molecular formula is C14H22N2O. The Morgan fingerprint density at radius 2 is 1.82 bits per heavy atom. The highest BCUT2D eigenvalue weighted by atomic mass is 16.1. The number of nitrogens with one attached hydrogen (secondary N) is 2. The second kappa shape index (κ2) is 6.28. The van der Waals surface area contributed by atoms with Crippen LogP contribution in [0.3, 0.4) is 0 Å². The number of benzene rings is 1. The molecule has 2 N–H and O–H groups in total. The zero-order valence-corrected chi connectivity index (χ0v) is 11.1. The summed E-state index contributed by atoms with van der Waals surface area (Å²) in [5, 5.41) is 6.20. The Balaban J connectivity index is 2.43. The Bertz CT molecular complexity index is 366. The van der Waals surface area contributed by atoms with E-state index in [4.69, 9.17) is 0 Å². The van der Waals surface area contributed by atoms with Gasteiger partial charge < -0.3 is 10.6 Å². The minimum atomic E-state index is 0.0961. The van der Waals surface area contributed by atoms with Crippen LogP contribution in [-0.2, 0) is 4.79 Å². The number of rotatable bonds is 5. The van der Waals surface area contributed by atoms with E-state index in [1.807, 2.05) is 19.9 Å². The first-order valence-corrected chi connectivity index (χ1v) is 6.10. The van der Waals surface area contributed by atoms with Crippen LogP contribution in [0, 0.1) is 13.8 Å². The summed E-state index contributed by atoms with van der Waals surface area (Å²) in [6.45, 7) is 8.75. The number of amides is 1. The van der Waals surface area contributed by atoms with Gasteiger partial charge in [0, 0.05) is 24.7 Å². The fourth-order valence-electron chi connectivity index (χ4n) is 1.79. The average Bonchev–Trinajstić information content (AvgIpc) is 2.21. The number of aryl methyl sites for hydroxylation is 2. The van der Waals surface area contributed by atoms with E-state index in [9.17, 15) is 4.79 Å². The van der Waals surface area contributed by atoms with Crippen molar-refractivity contribution in [2.75, 3.05) is 11.9 Å². The van der Waals surface area contributed by atoms with Crippen molar-refractivity contribution in [2.45, 2.75) is 40.2 Å². The molecule has 0 aliphatic heterocycles. The monoisotopic (exact) mass is 234 g/mol. The molecule has 94 valence electrons. The van der Waals surface area contributed by atoms with Gasteiger partial charge in [0.2, 0.25) is 5.91 Å². The predicted molar refractivity (Wildman–Crippen MR) is 72.3 cm³/mol. The SMILES string of the molecule is Cc1cccc(C)c1NCCC(=O)NC(C)C. The van der Waals surface area contributed by atoms with Crippen LogP contribution >= 0.6 is 0 Å². The molecule has 0 saturated heterocycles. The summed E-state index contributed by atoms with van der Waals surface area (Å²) in [4.78, 5) is 11.5. The number of carbonyl (C=O) groups is 1.